The first-order chi connectivity index (χ1) is 11.1. The lowest BCUT2D eigenvalue weighted by atomic mass is 9.58. The number of nitrogens with zero attached hydrogens (tertiary/aromatic N) is 4. The first-order valence-corrected chi connectivity index (χ1v) is 8.52. The summed E-state index contributed by atoms with van der Waals surface area (Å²) in [5.41, 5.74) is 0.193. The molecule has 0 aromatic carbocycles. The molecule has 7 nitrogen and oxygen atoms in total. The zero-order valence-electron chi connectivity index (χ0n) is 15.0. The third kappa shape index (κ3) is 3.49. The fourth-order valence-electron chi connectivity index (χ4n) is 3.57. The van der Waals surface area contributed by atoms with E-state index in [9.17, 15) is 0 Å². The third-order valence-corrected chi connectivity index (χ3v) is 5.22. The molecular formula is C16H30N6O. The van der Waals surface area contributed by atoms with Crippen LogP contribution in [-0.4, -0.2) is 46.5 Å². The molecule has 2 atom stereocenters. The molecule has 0 amide bonds. The molecule has 1 heterocycles. The van der Waals surface area contributed by atoms with Crippen LogP contribution in [0.3, 0.4) is 0 Å². The topological polar surface area (TPSA) is 76.4 Å². The Morgan fingerprint density at radius 2 is 2.17 bits per heavy atom. The van der Waals surface area contributed by atoms with Crippen LogP contribution < -0.4 is 10.6 Å². The van der Waals surface area contributed by atoms with E-state index in [4.69, 9.17) is 4.74 Å². The Kier molecular flexibility index (Phi) is 5.98. The lowest BCUT2D eigenvalue weighted by molar-refractivity contribution is -0.133. The summed E-state index contributed by atoms with van der Waals surface area (Å²) in [6, 6.07) is 0.389. The van der Waals surface area contributed by atoms with Crippen LogP contribution >= 0.6 is 0 Å². The molecule has 1 saturated carbocycles. The SMILES string of the molecule is CCOC1CC(NC(=NC)NCc2nncn2C)C1(CC)CC. The highest BCUT2D eigenvalue weighted by atomic mass is 16.5. The van der Waals surface area contributed by atoms with E-state index in [2.05, 4.69) is 46.6 Å². The van der Waals surface area contributed by atoms with Crippen molar-refractivity contribution >= 4 is 5.96 Å². The van der Waals surface area contributed by atoms with Crippen LogP contribution in [0.5, 0.6) is 0 Å². The summed E-state index contributed by atoms with van der Waals surface area (Å²) in [4.78, 5) is 4.34. The van der Waals surface area contributed by atoms with Gasteiger partial charge in [0, 0.05) is 32.2 Å². The van der Waals surface area contributed by atoms with Crippen molar-refractivity contribution in [2.45, 2.75) is 58.7 Å². The standard InChI is InChI=1S/C16H30N6O/c1-6-16(7-2)12(9-13(16)23-8-3)20-15(17-4)18-10-14-21-19-11-22(14)5/h11-13H,6-10H2,1-5H3,(H2,17,18,20). The molecule has 2 rings (SSSR count). The first kappa shape index (κ1) is 17.7. The molecule has 2 unspecified atom stereocenters. The lowest BCUT2D eigenvalue weighted by Gasteiger charge is -2.55. The lowest BCUT2D eigenvalue weighted by Crippen LogP contribution is -2.65. The minimum atomic E-state index is 0.193. The van der Waals surface area contributed by atoms with Crippen LogP contribution in [0.25, 0.3) is 0 Å². The van der Waals surface area contributed by atoms with Crippen molar-refractivity contribution in [3.63, 3.8) is 0 Å². The molecule has 1 fully saturated rings. The van der Waals surface area contributed by atoms with E-state index in [1.807, 2.05) is 11.6 Å². The molecule has 0 bridgehead atoms. The Bertz CT molecular complexity index is 522. The summed E-state index contributed by atoms with van der Waals surface area (Å²) in [5.74, 6) is 1.69. The molecular weight excluding hydrogens is 292 g/mol. The van der Waals surface area contributed by atoms with Gasteiger partial charge in [-0.3, -0.25) is 4.99 Å². The minimum absolute atomic E-state index is 0.193. The van der Waals surface area contributed by atoms with Crippen molar-refractivity contribution in [3.05, 3.63) is 12.2 Å². The van der Waals surface area contributed by atoms with Gasteiger partial charge >= 0.3 is 0 Å². The van der Waals surface area contributed by atoms with Gasteiger partial charge in [-0.15, -0.1) is 10.2 Å². The normalized spacial score (nSPS) is 23.4. The van der Waals surface area contributed by atoms with E-state index in [1.54, 1.807) is 13.4 Å². The molecule has 23 heavy (non-hydrogen) atoms. The molecule has 0 aliphatic heterocycles. The Morgan fingerprint density at radius 1 is 1.43 bits per heavy atom. The van der Waals surface area contributed by atoms with Gasteiger partial charge in [-0.2, -0.15) is 0 Å². The van der Waals surface area contributed by atoms with Crippen molar-refractivity contribution in [2.75, 3.05) is 13.7 Å². The monoisotopic (exact) mass is 322 g/mol. The molecule has 0 saturated heterocycles. The average Bonchev–Trinajstić information content (AvgIpc) is 2.96. The number of nitrogens with one attached hydrogen (secondary N) is 2. The minimum Gasteiger partial charge on any atom is -0.378 e. The average molecular weight is 322 g/mol. The molecule has 0 spiro atoms. The number of aliphatic imine (C=N–C) groups is 1. The van der Waals surface area contributed by atoms with Crippen LogP contribution in [0.4, 0.5) is 0 Å². The summed E-state index contributed by atoms with van der Waals surface area (Å²) in [6.07, 6.45) is 5.28. The van der Waals surface area contributed by atoms with Crippen molar-refractivity contribution in [3.8, 4) is 0 Å². The number of rotatable bonds is 7. The maximum atomic E-state index is 5.93. The number of aromatic nitrogens is 3. The van der Waals surface area contributed by atoms with Gasteiger partial charge < -0.3 is 19.9 Å². The van der Waals surface area contributed by atoms with E-state index in [-0.39, 0.29) is 5.41 Å². The van der Waals surface area contributed by atoms with Crippen LogP contribution in [0.2, 0.25) is 0 Å². The number of aryl methyl sites for hydroxylation is 1. The van der Waals surface area contributed by atoms with E-state index in [1.165, 1.54) is 0 Å². The van der Waals surface area contributed by atoms with E-state index < -0.39 is 0 Å². The summed E-state index contributed by atoms with van der Waals surface area (Å²) >= 11 is 0. The summed E-state index contributed by atoms with van der Waals surface area (Å²) in [5, 5.41) is 14.9. The van der Waals surface area contributed by atoms with Crippen molar-refractivity contribution in [2.24, 2.45) is 17.5 Å². The van der Waals surface area contributed by atoms with Crippen LogP contribution in [0.1, 0.15) is 45.9 Å². The second kappa shape index (κ2) is 7.77. The van der Waals surface area contributed by atoms with Gasteiger partial charge in [0.1, 0.15) is 6.33 Å². The molecule has 1 aromatic rings. The quantitative estimate of drug-likeness (QED) is 0.587. The van der Waals surface area contributed by atoms with E-state index in [0.717, 1.165) is 37.7 Å². The number of ether oxygens (including phenoxy) is 1. The van der Waals surface area contributed by atoms with Gasteiger partial charge in [-0.05, 0) is 26.2 Å². The smallest absolute Gasteiger partial charge is 0.191 e. The van der Waals surface area contributed by atoms with E-state index >= 15 is 0 Å². The third-order valence-electron chi connectivity index (χ3n) is 5.22. The predicted octanol–water partition coefficient (Wildman–Crippen LogP) is 1.46. The zero-order chi connectivity index (χ0) is 16.9. The maximum Gasteiger partial charge on any atom is 0.191 e. The van der Waals surface area contributed by atoms with Gasteiger partial charge in [0.05, 0.1) is 12.6 Å². The second-order valence-electron chi connectivity index (χ2n) is 6.10. The van der Waals surface area contributed by atoms with E-state index in [0.29, 0.717) is 18.7 Å². The molecule has 130 valence electrons. The number of hydrogen-bond donors (Lipinski definition) is 2. The Labute approximate surface area is 138 Å². The number of guanidine groups is 1. The van der Waals surface area contributed by atoms with Gasteiger partial charge in [-0.25, -0.2) is 0 Å². The Balaban J connectivity index is 1.95. The molecule has 1 aromatic heterocycles. The van der Waals surface area contributed by atoms with Crippen LogP contribution in [0, 0.1) is 5.41 Å². The van der Waals surface area contributed by atoms with Crippen LogP contribution in [0.15, 0.2) is 11.3 Å². The Morgan fingerprint density at radius 3 is 2.70 bits per heavy atom. The zero-order valence-corrected chi connectivity index (χ0v) is 15.0. The first-order valence-electron chi connectivity index (χ1n) is 8.52. The highest BCUT2D eigenvalue weighted by Gasteiger charge is 2.53. The second-order valence-corrected chi connectivity index (χ2v) is 6.10. The molecule has 1 aliphatic carbocycles. The van der Waals surface area contributed by atoms with Gasteiger partial charge in [-0.1, -0.05) is 13.8 Å². The fraction of sp³-hybridized carbons (Fsp3) is 0.812. The van der Waals surface area contributed by atoms with Gasteiger partial charge in [0.15, 0.2) is 11.8 Å². The van der Waals surface area contributed by atoms with Gasteiger partial charge in [0.25, 0.3) is 0 Å². The molecule has 1 aliphatic rings. The van der Waals surface area contributed by atoms with Crippen molar-refractivity contribution < 1.29 is 4.74 Å². The summed E-state index contributed by atoms with van der Waals surface area (Å²) < 4.78 is 7.83. The summed E-state index contributed by atoms with van der Waals surface area (Å²) in [7, 11) is 3.73. The Hall–Kier alpha value is -1.63. The van der Waals surface area contributed by atoms with Gasteiger partial charge in [0.2, 0.25) is 0 Å². The maximum absolute atomic E-state index is 5.93. The molecule has 2 N–H and O–H groups in total. The summed E-state index contributed by atoms with van der Waals surface area (Å²) in [6.45, 7) is 7.94. The largest absolute Gasteiger partial charge is 0.378 e. The molecule has 7 heteroatoms. The fourth-order valence-corrected chi connectivity index (χ4v) is 3.57. The molecule has 0 radical (unpaired) electrons. The van der Waals surface area contributed by atoms with Crippen molar-refractivity contribution in [1.29, 1.82) is 0 Å². The van der Waals surface area contributed by atoms with Crippen molar-refractivity contribution in [1.82, 2.24) is 25.4 Å². The number of hydrogen-bond acceptors (Lipinski definition) is 4. The highest BCUT2D eigenvalue weighted by molar-refractivity contribution is 5.80. The predicted molar refractivity (Wildman–Crippen MR) is 91.2 cm³/mol. The van der Waals surface area contributed by atoms with Crippen LogP contribution in [-0.2, 0) is 18.3 Å². The highest BCUT2D eigenvalue weighted by Crippen LogP contribution is 2.48.